The molecule has 112 valence electrons. The van der Waals surface area contributed by atoms with Crippen LogP contribution in [0.25, 0.3) is 0 Å². The van der Waals surface area contributed by atoms with Crippen molar-refractivity contribution in [2.45, 2.75) is 12.6 Å². The standard InChI is InChI=1S/C17H15BrN2O2/c18-14-8-6-13(7-9-14)16-17(22)19-10-15(21)20(16)11-12-4-2-1-3-5-12/h1-9,16H,10-11H2,(H,19,22). The van der Waals surface area contributed by atoms with Crippen molar-refractivity contribution >= 4 is 27.7 Å². The number of hydrogen-bond donors (Lipinski definition) is 1. The van der Waals surface area contributed by atoms with Crippen LogP contribution in [0.2, 0.25) is 0 Å². The summed E-state index contributed by atoms with van der Waals surface area (Å²) in [6, 6.07) is 16.6. The van der Waals surface area contributed by atoms with Gasteiger partial charge < -0.3 is 10.2 Å². The van der Waals surface area contributed by atoms with Gasteiger partial charge in [-0.2, -0.15) is 0 Å². The Balaban J connectivity index is 1.93. The first-order valence-electron chi connectivity index (χ1n) is 7.02. The minimum absolute atomic E-state index is 0.0543. The number of piperazine rings is 1. The first-order chi connectivity index (χ1) is 10.6. The maximum Gasteiger partial charge on any atom is 0.247 e. The van der Waals surface area contributed by atoms with Gasteiger partial charge in [-0.15, -0.1) is 0 Å². The third kappa shape index (κ3) is 3.04. The highest BCUT2D eigenvalue weighted by atomic mass is 79.9. The molecule has 1 saturated heterocycles. The van der Waals surface area contributed by atoms with Gasteiger partial charge in [0.05, 0.1) is 6.54 Å². The van der Waals surface area contributed by atoms with E-state index >= 15 is 0 Å². The Bertz CT molecular complexity index is 686. The Morgan fingerprint density at radius 2 is 1.73 bits per heavy atom. The molecule has 0 aliphatic carbocycles. The summed E-state index contributed by atoms with van der Waals surface area (Å²) in [7, 11) is 0. The third-order valence-electron chi connectivity index (χ3n) is 3.68. The van der Waals surface area contributed by atoms with Gasteiger partial charge in [0.1, 0.15) is 6.04 Å². The number of nitrogens with zero attached hydrogens (tertiary/aromatic N) is 1. The van der Waals surface area contributed by atoms with Crippen molar-refractivity contribution in [3.05, 3.63) is 70.2 Å². The van der Waals surface area contributed by atoms with Gasteiger partial charge in [-0.05, 0) is 23.3 Å². The molecule has 2 aromatic carbocycles. The summed E-state index contributed by atoms with van der Waals surface area (Å²) >= 11 is 3.38. The highest BCUT2D eigenvalue weighted by Crippen LogP contribution is 2.27. The van der Waals surface area contributed by atoms with E-state index in [1.165, 1.54) is 0 Å². The van der Waals surface area contributed by atoms with E-state index in [1.807, 2.05) is 54.6 Å². The molecule has 1 heterocycles. The smallest absolute Gasteiger partial charge is 0.247 e. The van der Waals surface area contributed by atoms with E-state index in [-0.39, 0.29) is 18.4 Å². The molecule has 0 aromatic heterocycles. The molecule has 1 aliphatic heterocycles. The fraction of sp³-hybridized carbons (Fsp3) is 0.176. The summed E-state index contributed by atoms with van der Waals surface area (Å²) in [4.78, 5) is 26.2. The van der Waals surface area contributed by atoms with E-state index < -0.39 is 6.04 Å². The molecule has 1 fully saturated rings. The Kier molecular flexibility index (Phi) is 4.24. The van der Waals surface area contributed by atoms with Crippen molar-refractivity contribution in [3.63, 3.8) is 0 Å². The second-order valence-electron chi connectivity index (χ2n) is 5.18. The molecular formula is C17H15BrN2O2. The summed E-state index contributed by atoms with van der Waals surface area (Å²) in [5.41, 5.74) is 1.82. The second-order valence-corrected chi connectivity index (χ2v) is 6.09. The van der Waals surface area contributed by atoms with Gasteiger partial charge in [0.15, 0.2) is 0 Å². The normalized spacial score (nSPS) is 18.2. The zero-order chi connectivity index (χ0) is 15.5. The van der Waals surface area contributed by atoms with Crippen molar-refractivity contribution in [1.29, 1.82) is 0 Å². The van der Waals surface area contributed by atoms with Gasteiger partial charge in [0.25, 0.3) is 0 Å². The minimum Gasteiger partial charge on any atom is -0.345 e. The number of rotatable bonds is 3. The Hall–Kier alpha value is -2.14. The van der Waals surface area contributed by atoms with E-state index in [0.29, 0.717) is 6.54 Å². The zero-order valence-corrected chi connectivity index (χ0v) is 13.4. The summed E-state index contributed by atoms with van der Waals surface area (Å²) in [6.07, 6.45) is 0. The summed E-state index contributed by atoms with van der Waals surface area (Å²) in [5.74, 6) is -0.214. The quantitative estimate of drug-likeness (QED) is 0.916. The highest BCUT2D eigenvalue weighted by Gasteiger charge is 2.35. The zero-order valence-electron chi connectivity index (χ0n) is 11.8. The summed E-state index contributed by atoms with van der Waals surface area (Å²) < 4.78 is 0.938. The van der Waals surface area contributed by atoms with E-state index in [4.69, 9.17) is 0 Å². The average molecular weight is 359 g/mol. The van der Waals surface area contributed by atoms with Gasteiger partial charge in [-0.25, -0.2) is 0 Å². The monoisotopic (exact) mass is 358 g/mol. The summed E-state index contributed by atoms with van der Waals surface area (Å²) in [6.45, 7) is 0.479. The van der Waals surface area contributed by atoms with Crippen molar-refractivity contribution in [2.24, 2.45) is 0 Å². The fourth-order valence-electron chi connectivity index (χ4n) is 2.58. The molecule has 2 aromatic rings. The number of halogens is 1. The van der Waals surface area contributed by atoms with Crippen molar-refractivity contribution < 1.29 is 9.59 Å². The minimum atomic E-state index is -0.588. The van der Waals surface area contributed by atoms with Crippen molar-refractivity contribution in [3.8, 4) is 0 Å². The molecule has 1 N–H and O–H groups in total. The van der Waals surface area contributed by atoms with Gasteiger partial charge in [0.2, 0.25) is 11.8 Å². The highest BCUT2D eigenvalue weighted by molar-refractivity contribution is 9.10. The van der Waals surface area contributed by atoms with Crippen molar-refractivity contribution in [1.82, 2.24) is 10.2 Å². The molecule has 4 nitrogen and oxygen atoms in total. The predicted molar refractivity (Wildman–Crippen MR) is 86.9 cm³/mol. The molecule has 0 saturated carbocycles. The number of benzene rings is 2. The number of carbonyl (C=O) groups is 2. The van der Waals surface area contributed by atoms with E-state index in [9.17, 15) is 9.59 Å². The van der Waals surface area contributed by atoms with Crippen LogP contribution in [0.3, 0.4) is 0 Å². The van der Waals surface area contributed by atoms with E-state index in [0.717, 1.165) is 15.6 Å². The maximum atomic E-state index is 12.3. The topological polar surface area (TPSA) is 49.4 Å². The molecule has 2 amide bonds. The lowest BCUT2D eigenvalue weighted by atomic mass is 10.0. The van der Waals surface area contributed by atoms with Crippen LogP contribution >= 0.6 is 15.9 Å². The first-order valence-corrected chi connectivity index (χ1v) is 7.81. The molecule has 0 spiro atoms. The largest absolute Gasteiger partial charge is 0.345 e. The van der Waals surface area contributed by atoms with Gasteiger partial charge >= 0.3 is 0 Å². The Morgan fingerprint density at radius 3 is 2.41 bits per heavy atom. The van der Waals surface area contributed by atoms with Crippen LogP contribution in [0.15, 0.2) is 59.1 Å². The van der Waals surface area contributed by atoms with Crippen LogP contribution in [-0.4, -0.2) is 23.3 Å². The molecule has 1 aliphatic rings. The van der Waals surface area contributed by atoms with Gasteiger partial charge in [-0.1, -0.05) is 58.4 Å². The molecule has 5 heteroatoms. The fourth-order valence-corrected chi connectivity index (χ4v) is 2.85. The average Bonchev–Trinajstić information content (AvgIpc) is 2.53. The predicted octanol–water partition coefficient (Wildman–Crippen LogP) is 2.65. The lowest BCUT2D eigenvalue weighted by Gasteiger charge is -2.35. The molecule has 22 heavy (non-hydrogen) atoms. The van der Waals surface area contributed by atoms with Crippen LogP contribution < -0.4 is 5.32 Å². The van der Waals surface area contributed by atoms with Crippen LogP contribution in [0.5, 0.6) is 0 Å². The Morgan fingerprint density at radius 1 is 1.05 bits per heavy atom. The molecule has 1 unspecified atom stereocenters. The molecule has 3 rings (SSSR count). The van der Waals surface area contributed by atoms with E-state index in [2.05, 4.69) is 21.2 Å². The molecular weight excluding hydrogens is 344 g/mol. The van der Waals surface area contributed by atoms with E-state index in [1.54, 1.807) is 4.90 Å². The number of carbonyl (C=O) groups excluding carboxylic acids is 2. The molecule has 0 radical (unpaired) electrons. The van der Waals surface area contributed by atoms with Crippen LogP contribution in [0.4, 0.5) is 0 Å². The maximum absolute atomic E-state index is 12.3. The SMILES string of the molecule is O=C1NCC(=O)N(Cc2ccccc2)C1c1ccc(Br)cc1. The number of hydrogen-bond acceptors (Lipinski definition) is 2. The van der Waals surface area contributed by atoms with Crippen molar-refractivity contribution in [2.75, 3.05) is 6.54 Å². The van der Waals surface area contributed by atoms with Crippen LogP contribution in [-0.2, 0) is 16.1 Å². The number of nitrogens with one attached hydrogen (secondary N) is 1. The van der Waals surface area contributed by atoms with Gasteiger partial charge in [-0.3, -0.25) is 9.59 Å². The lowest BCUT2D eigenvalue weighted by Crippen LogP contribution is -2.53. The first kappa shape index (κ1) is 14.8. The number of amides is 2. The van der Waals surface area contributed by atoms with Crippen LogP contribution in [0, 0.1) is 0 Å². The molecule has 0 bridgehead atoms. The lowest BCUT2D eigenvalue weighted by molar-refractivity contribution is -0.146. The summed E-state index contributed by atoms with van der Waals surface area (Å²) in [5, 5.41) is 2.67. The molecule has 1 atom stereocenters. The second kappa shape index (κ2) is 6.32. The van der Waals surface area contributed by atoms with Crippen LogP contribution in [0.1, 0.15) is 17.2 Å². The van der Waals surface area contributed by atoms with Gasteiger partial charge in [0, 0.05) is 11.0 Å². The third-order valence-corrected chi connectivity index (χ3v) is 4.20. The Labute approximate surface area is 137 Å².